The topological polar surface area (TPSA) is 15.3 Å². The number of benzene rings is 1. The first-order valence-electron chi connectivity index (χ1n) is 8.14. The van der Waals surface area contributed by atoms with Gasteiger partial charge in [0.25, 0.3) is 0 Å². The number of hydrogen-bond acceptors (Lipinski definition) is 2. The lowest BCUT2D eigenvalue weighted by Gasteiger charge is -2.33. The highest BCUT2D eigenvalue weighted by Gasteiger charge is 2.32. The maximum atomic E-state index is 6.58. The Morgan fingerprint density at radius 2 is 2.00 bits per heavy atom. The molecule has 1 aromatic carbocycles. The van der Waals surface area contributed by atoms with Crippen molar-refractivity contribution in [2.75, 3.05) is 4.90 Å². The summed E-state index contributed by atoms with van der Waals surface area (Å²) in [5.41, 5.74) is 2.66. The summed E-state index contributed by atoms with van der Waals surface area (Å²) in [5, 5.41) is 4.48. The average Bonchev–Trinajstić information content (AvgIpc) is 2.76. The average molecular weight is 309 g/mol. The molecule has 1 aliphatic rings. The molecular weight excluding hydrogens is 280 g/mol. The third kappa shape index (κ3) is 3.92. The van der Waals surface area contributed by atoms with Gasteiger partial charge in [0.1, 0.15) is 0 Å². The molecule has 0 amide bonds. The van der Waals surface area contributed by atoms with Crippen molar-refractivity contribution in [3.8, 4) is 0 Å². The quantitative estimate of drug-likeness (QED) is 0.842. The van der Waals surface area contributed by atoms with E-state index in [-0.39, 0.29) is 5.54 Å². The summed E-state index contributed by atoms with van der Waals surface area (Å²) in [7, 11) is 0. The van der Waals surface area contributed by atoms with Gasteiger partial charge >= 0.3 is 0 Å². The first-order chi connectivity index (χ1) is 9.83. The Morgan fingerprint density at radius 1 is 1.29 bits per heavy atom. The molecule has 118 valence electrons. The van der Waals surface area contributed by atoms with Crippen LogP contribution in [0, 0.1) is 0 Å². The van der Waals surface area contributed by atoms with E-state index in [4.69, 9.17) is 11.6 Å². The molecule has 0 radical (unpaired) electrons. The van der Waals surface area contributed by atoms with E-state index in [0.717, 1.165) is 11.6 Å². The van der Waals surface area contributed by atoms with E-state index in [2.05, 4.69) is 57.0 Å². The van der Waals surface area contributed by atoms with Crippen LogP contribution in [-0.2, 0) is 6.54 Å². The van der Waals surface area contributed by atoms with Gasteiger partial charge in [-0.1, -0.05) is 30.7 Å². The Labute approximate surface area is 134 Å². The molecule has 21 heavy (non-hydrogen) atoms. The zero-order valence-electron chi connectivity index (χ0n) is 14.0. The number of anilines is 1. The number of nitrogens with zero attached hydrogens (tertiary/aromatic N) is 1. The molecule has 2 atom stereocenters. The lowest BCUT2D eigenvalue weighted by molar-refractivity contribution is 0.424. The van der Waals surface area contributed by atoms with E-state index in [1.165, 1.54) is 30.5 Å². The molecule has 2 nitrogen and oxygen atoms in total. The Kier molecular flexibility index (Phi) is 5.21. The van der Waals surface area contributed by atoms with Crippen molar-refractivity contribution in [2.45, 2.75) is 78.0 Å². The Bertz CT molecular complexity index is 479. The predicted octanol–water partition coefficient (Wildman–Crippen LogP) is 5.00. The van der Waals surface area contributed by atoms with E-state index >= 15 is 0 Å². The van der Waals surface area contributed by atoms with Crippen molar-refractivity contribution in [1.82, 2.24) is 5.32 Å². The van der Waals surface area contributed by atoms with Gasteiger partial charge in [-0.15, -0.1) is 0 Å². The predicted molar refractivity (Wildman–Crippen MR) is 93.3 cm³/mol. The van der Waals surface area contributed by atoms with Gasteiger partial charge in [0.2, 0.25) is 0 Å². The fourth-order valence-corrected chi connectivity index (χ4v) is 3.52. The van der Waals surface area contributed by atoms with Crippen LogP contribution in [0.25, 0.3) is 0 Å². The van der Waals surface area contributed by atoms with Crippen LogP contribution < -0.4 is 10.2 Å². The molecule has 3 heteroatoms. The van der Waals surface area contributed by atoms with E-state index in [1.807, 2.05) is 6.07 Å². The van der Waals surface area contributed by atoms with Crippen molar-refractivity contribution < 1.29 is 0 Å². The number of nitrogens with one attached hydrogen (secondary N) is 1. The van der Waals surface area contributed by atoms with Crippen LogP contribution in [0.5, 0.6) is 0 Å². The Hall–Kier alpha value is -0.730. The van der Waals surface area contributed by atoms with Gasteiger partial charge in [-0.05, 0) is 58.6 Å². The zero-order valence-corrected chi connectivity index (χ0v) is 14.8. The van der Waals surface area contributed by atoms with Crippen LogP contribution in [0.3, 0.4) is 0 Å². The Morgan fingerprint density at radius 3 is 2.62 bits per heavy atom. The van der Waals surface area contributed by atoms with Crippen molar-refractivity contribution in [2.24, 2.45) is 0 Å². The fourth-order valence-electron chi connectivity index (χ4n) is 3.23. The third-order valence-corrected chi connectivity index (χ3v) is 4.70. The maximum absolute atomic E-state index is 6.58. The summed E-state index contributed by atoms with van der Waals surface area (Å²) >= 11 is 6.58. The second-order valence-corrected chi connectivity index (χ2v) is 7.65. The highest BCUT2D eigenvalue weighted by molar-refractivity contribution is 6.33. The van der Waals surface area contributed by atoms with E-state index < -0.39 is 0 Å². The largest absolute Gasteiger partial charge is 0.364 e. The van der Waals surface area contributed by atoms with Crippen molar-refractivity contribution in [3.63, 3.8) is 0 Å². The van der Waals surface area contributed by atoms with Crippen molar-refractivity contribution in [3.05, 3.63) is 28.8 Å². The molecule has 0 aromatic heterocycles. The molecule has 0 aliphatic carbocycles. The van der Waals surface area contributed by atoms with Crippen LogP contribution in [0.15, 0.2) is 18.2 Å². The maximum Gasteiger partial charge on any atom is 0.0643 e. The molecule has 1 heterocycles. The molecule has 1 N–H and O–H groups in total. The highest BCUT2D eigenvalue weighted by atomic mass is 35.5. The van der Waals surface area contributed by atoms with Crippen LogP contribution >= 0.6 is 11.6 Å². The molecular formula is C18H29ClN2. The van der Waals surface area contributed by atoms with Gasteiger partial charge in [-0.3, -0.25) is 0 Å². The van der Waals surface area contributed by atoms with Crippen LogP contribution in [0.2, 0.25) is 5.02 Å². The number of para-hydroxylation sites is 1. The lowest BCUT2D eigenvalue weighted by atomic mass is 10.1. The lowest BCUT2D eigenvalue weighted by Crippen LogP contribution is -2.38. The molecule has 2 unspecified atom stereocenters. The van der Waals surface area contributed by atoms with Gasteiger partial charge < -0.3 is 10.2 Å². The second-order valence-electron chi connectivity index (χ2n) is 7.25. The van der Waals surface area contributed by atoms with Gasteiger partial charge in [0.15, 0.2) is 0 Å². The number of halogens is 1. The summed E-state index contributed by atoms with van der Waals surface area (Å²) in [5.74, 6) is 0. The normalized spacial score (nSPS) is 22.9. The third-order valence-electron chi connectivity index (χ3n) is 4.39. The first-order valence-corrected chi connectivity index (χ1v) is 8.52. The van der Waals surface area contributed by atoms with Crippen LogP contribution in [0.4, 0.5) is 5.69 Å². The summed E-state index contributed by atoms with van der Waals surface area (Å²) < 4.78 is 0. The summed E-state index contributed by atoms with van der Waals surface area (Å²) in [6.07, 6.45) is 3.71. The van der Waals surface area contributed by atoms with Crippen molar-refractivity contribution >= 4 is 17.3 Å². The molecule has 1 fully saturated rings. The monoisotopic (exact) mass is 308 g/mol. The molecule has 1 saturated heterocycles. The smallest absolute Gasteiger partial charge is 0.0643 e. The SMILES string of the molecule is CCC1CCC(C)N1c1c(Cl)cccc1CNC(C)(C)C. The van der Waals surface area contributed by atoms with Gasteiger partial charge in [0, 0.05) is 24.2 Å². The highest BCUT2D eigenvalue weighted by Crippen LogP contribution is 2.38. The minimum atomic E-state index is 0.111. The second kappa shape index (κ2) is 6.58. The Balaban J connectivity index is 2.33. The minimum Gasteiger partial charge on any atom is -0.364 e. The van der Waals surface area contributed by atoms with E-state index in [1.54, 1.807) is 0 Å². The van der Waals surface area contributed by atoms with E-state index in [9.17, 15) is 0 Å². The molecule has 0 spiro atoms. The van der Waals surface area contributed by atoms with Gasteiger partial charge in [-0.2, -0.15) is 0 Å². The standard InChI is InChI=1S/C18H29ClN2/c1-6-15-11-10-13(2)21(15)17-14(8-7-9-16(17)19)12-20-18(3,4)5/h7-9,13,15,20H,6,10-12H2,1-5H3. The molecule has 0 saturated carbocycles. The minimum absolute atomic E-state index is 0.111. The summed E-state index contributed by atoms with van der Waals surface area (Å²) in [6.45, 7) is 12.1. The number of hydrogen-bond donors (Lipinski definition) is 1. The van der Waals surface area contributed by atoms with Crippen molar-refractivity contribution in [1.29, 1.82) is 0 Å². The van der Waals surface area contributed by atoms with Gasteiger partial charge in [0.05, 0.1) is 10.7 Å². The van der Waals surface area contributed by atoms with Crippen LogP contribution in [-0.4, -0.2) is 17.6 Å². The summed E-state index contributed by atoms with van der Waals surface area (Å²) in [6, 6.07) is 7.48. The molecule has 2 rings (SSSR count). The fraction of sp³-hybridized carbons (Fsp3) is 0.667. The molecule has 1 aliphatic heterocycles. The van der Waals surface area contributed by atoms with E-state index in [0.29, 0.717) is 12.1 Å². The molecule has 0 bridgehead atoms. The van der Waals surface area contributed by atoms with Crippen LogP contribution in [0.1, 0.15) is 59.4 Å². The first kappa shape index (κ1) is 16.6. The zero-order chi connectivity index (χ0) is 15.6. The summed E-state index contributed by atoms with van der Waals surface area (Å²) in [4.78, 5) is 2.56. The van der Waals surface area contributed by atoms with Gasteiger partial charge in [-0.25, -0.2) is 0 Å². The molecule has 1 aromatic rings. The number of rotatable bonds is 4.